The number of rotatable bonds is 4. The minimum absolute atomic E-state index is 0.266. The average Bonchev–Trinajstić information content (AvgIpc) is 2.79. The molecule has 0 aromatic heterocycles. The Bertz CT molecular complexity index is 464. The van der Waals surface area contributed by atoms with Crippen molar-refractivity contribution in [2.45, 2.75) is 50.9 Å². The maximum atomic E-state index is 5.79. The van der Waals surface area contributed by atoms with E-state index in [1.165, 1.54) is 44.1 Å². The SMILES string of the molecule is CCNCC1(c2ccc3c(c2)OCCO3)CCCCCC1. The van der Waals surface area contributed by atoms with E-state index in [1.807, 2.05) is 0 Å². The van der Waals surface area contributed by atoms with E-state index in [2.05, 4.69) is 30.4 Å². The molecule has 1 aliphatic heterocycles. The molecule has 1 heterocycles. The Morgan fingerprint density at radius 3 is 2.43 bits per heavy atom. The van der Waals surface area contributed by atoms with Crippen LogP contribution in [0.3, 0.4) is 0 Å². The molecule has 3 heteroatoms. The molecule has 3 rings (SSSR count). The Balaban J connectivity index is 1.91. The van der Waals surface area contributed by atoms with Crippen LogP contribution in [0.15, 0.2) is 18.2 Å². The molecule has 2 aliphatic rings. The van der Waals surface area contributed by atoms with Gasteiger partial charge in [0.05, 0.1) is 0 Å². The smallest absolute Gasteiger partial charge is 0.161 e. The Morgan fingerprint density at radius 1 is 1.00 bits per heavy atom. The lowest BCUT2D eigenvalue weighted by atomic mass is 9.74. The van der Waals surface area contributed by atoms with E-state index in [9.17, 15) is 0 Å². The maximum absolute atomic E-state index is 5.79. The minimum Gasteiger partial charge on any atom is -0.486 e. The van der Waals surface area contributed by atoms with E-state index in [0.717, 1.165) is 24.6 Å². The minimum atomic E-state index is 0.266. The summed E-state index contributed by atoms with van der Waals surface area (Å²) in [7, 11) is 0. The fourth-order valence-electron chi connectivity index (χ4n) is 3.71. The molecule has 116 valence electrons. The molecule has 1 saturated carbocycles. The number of hydrogen-bond donors (Lipinski definition) is 1. The molecule has 0 unspecified atom stereocenters. The van der Waals surface area contributed by atoms with E-state index in [-0.39, 0.29) is 5.41 Å². The van der Waals surface area contributed by atoms with E-state index >= 15 is 0 Å². The van der Waals surface area contributed by atoms with Gasteiger partial charge in [0, 0.05) is 12.0 Å². The summed E-state index contributed by atoms with van der Waals surface area (Å²) in [5.74, 6) is 1.83. The average molecular weight is 289 g/mol. The molecule has 0 spiro atoms. The molecule has 21 heavy (non-hydrogen) atoms. The van der Waals surface area contributed by atoms with Crippen molar-refractivity contribution < 1.29 is 9.47 Å². The van der Waals surface area contributed by atoms with Gasteiger partial charge >= 0.3 is 0 Å². The summed E-state index contributed by atoms with van der Waals surface area (Å²) in [4.78, 5) is 0. The zero-order chi connectivity index (χ0) is 14.5. The predicted molar refractivity (Wildman–Crippen MR) is 85.4 cm³/mol. The van der Waals surface area contributed by atoms with Gasteiger partial charge in [-0.15, -0.1) is 0 Å². The van der Waals surface area contributed by atoms with Crippen LogP contribution in [0, 0.1) is 0 Å². The summed E-state index contributed by atoms with van der Waals surface area (Å²) in [6, 6.07) is 6.59. The van der Waals surface area contributed by atoms with Crippen LogP contribution in [-0.2, 0) is 5.41 Å². The van der Waals surface area contributed by atoms with E-state index < -0.39 is 0 Å². The van der Waals surface area contributed by atoms with Gasteiger partial charge in [-0.25, -0.2) is 0 Å². The molecule has 0 bridgehead atoms. The van der Waals surface area contributed by atoms with Gasteiger partial charge in [-0.05, 0) is 37.1 Å². The van der Waals surface area contributed by atoms with Crippen molar-refractivity contribution in [3.8, 4) is 11.5 Å². The van der Waals surface area contributed by atoms with Gasteiger partial charge in [0.2, 0.25) is 0 Å². The zero-order valence-corrected chi connectivity index (χ0v) is 13.1. The highest BCUT2D eigenvalue weighted by Crippen LogP contribution is 2.41. The molecular formula is C18H27NO2. The van der Waals surface area contributed by atoms with Crippen LogP contribution < -0.4 is 14.8 Å². The lowest BCUT2D eigenvalue weighted by molar-refractivity contribution is 0.171. The second kappa shape index (κ2) is 6.69. The highest BCUT2D eigenvalue weighted by atomic mass is 16.6. The highest BCUT2D eigenvalue weighted by Gasteiger charge is 2.33. The van der Waals surface area contributed by atoms with Crippen LogP contribution in [0.25, 0.3) is 0 Å². The summed E-state index contributed by atoms with van der Waals surface area (Å²) < 4.78 is 11.5. The standard InChI is InChI=1S/C18H27NO2/c1-2-19-14-18(9-5-3-4-6-10-18)15-7-8-16-17(13-15)21-12-11-20-16/h7-8,13,19H,2-6,9-12,14H2,1H3. The first-order valence-electron chi connectivity index (χ1n) is 8.45. The molecule has 1 fully saturated rings. The molecular weight excluding hydrogens is 262 g/mol. The molecule has 0 radical (unpaired) electrons. The summed E-state index contributed by atoms with van der Waals surface area (Å²) in [5, 5.41) is 3.59. The second-order valence-corrected chi connectivity index (χ2v) is 6.33. The Kier molecular flexibility index (Phi) is 4.69. The first-order valence-corrected chi connectivity index (χ1v) is 8.45. The molecule has 3 nitrogen and oxygen atoms in total. The Labute approximate surface area is 128 Å². The van der Waals surface area contributed by atoms with Crippen LogP contribution in [0.1, 0.15) is 51.0 Å². The lowest BCUT2D eigenvalue weighted by Crippen LogP contribution is -2.38. The summed E-state index contributed by atoms with van der Waals surface area (Å²) >= 11 is 0. The topological polar surface area (TPSA) is 30.5 Å². The molecule has 0 atom stereocenters. The van der Waals surface area contributed by atoms with Gasteiger partial charge in [0.1, 0.15) is 13.2 Å². The molecule has 1 aromatic carbocycles. The quantitative estimate of drug-likeness (QED) is 0.858. The highest BCUT2D eigenvalue weighted by molar-refractivity contribution is 5.46. The molecule has 1 aromatic rings. The largest absolute Gasteiger partial charge is 0.486 e. The van der Waals surface area contributed by atoms with Crippen molar-refractivity contribution in [3.05, 3.63) is 23.8 Å². The number of likely N-dealkylation sites (N-methyl/N-ethyl adjacent to an activating group) is 1. The van der Waals surface area contributed by atoms with E-state index in [4.69, 9.17) is 9.47 Å². The van der Waals surface area contributed by atoms with Crippen molar-refractivity contribution in [1.29, 1.82) is 0 Å². The first-order chi connectivity index (χ1) is 10.3. The molecule has 1 aliphatic carbocycles. The van der Waals surface area contributed by atoms with Gasteiger partial charge in [0.25, 0.3) is 0 Å². The summed E-state index contributed by atoms with van der Waals surface area (Å²) in [5.41, 5.74) is 1.69. The van der Waals surface area contributed by atoms with Crippen molar-refractivity contribution in [3.63, 3.8) is 0 Å². The molecule has 1 N–H and O–H groups in total. The van der Waals surface area contributed by atoms with Crippen molar-refractivity contribution in [2.24, 2.45) is 0 Å². The van der Waals surface area contributed by atoms with Gasteiger partial charge < -0.3 is 14.8 Å². The third kappa shape index (κ3) is 3.18. The van der Waals surface area contributed by atoms with Crippen molar-refractivity contribution >= 4 is 0 Å². The number of fused-ring (bicyclic) bond motifs is 1. The predicted octanol–water partition coefficient (Wildman–Crippen LogP) is 3.66. The van der Waals surface area contributed by atoms with E-state index in [1.54, 1.807) is 0 Å². The fourth-order valence-corrected chi connectivity index (χ4v) is 3.71. The van der Waals surface area contributed by atoms with Crippen molar-refractivity contribution in [1.82, 2.24) is 5.32 Å². The van der Waals surface area contributed by atoms with Crippen LogP contribution in [0.5, 0.6) is 11.5 Å². The van der Waals surface area contributed by atoms with Gasteiger partial charge in [-0.2, -0.15) is 0 Å². The Morgan fingerprint density at radius 2 is 1.71 bits per heavy atom. The van der Waals surface area contributed by atoms with Crippen LogP contribution >= 0.6 is 0 Å². The Hall–Kier alpha value is -1.22. The van der Waals surface area contributed by atoms with Crippen LogP contribution in [0.2, 0.25) is 0 Å². The third-order valence-corrected chi connectivity index (χ3v) is 4.93. The molecule has 0 saturated heterocycles. The number of hydrogen-bond acceptors (Lipinski definition) is 3. The fraction of sp³-hybridized carbons (Fsp3) is 0.667. The summed E-state index contributed by atoms with van der Waals surface area (Å²) in [6.07, 6.45) is 7.97. The third-order valence-electron chi connectivity index (χ3n) is 4.93. The monoisotopic (exact) mass is 289 g/mol. The molecule has 0 amide bonds. The zero-order valence-electron chi connectivity index (χ0n) is 13.1. The maximum Gasteiger partial charge on any atom is 0.161 e. The van der Waals surface area contributed by atoms with Gasteiger partial charge in [-0.1, -0.05) is 38.7 Å². The normalized spacial score (nSPS) is 20.8. The number of benzene rings is 1. The van der Waals surface area contributed by atoms with E-state index in [0.29, 0.717) is 13.2 Å². The summed E-state index contributed by atoms with van der Waals surface area (Å²) in [6.45, 7) is 5.62. The van der Waals surface area contributed by atoms with Crippen LogP contribution in [-0.4, -0.2) is 26.3 Å². The number of ether oxygens (including phenoxy) is 2. The lowest BCUT2D eigenvalue weighted by Gasteiger charge is -2.34. The number of nitrogens with one attached hydrogen (secondary N) is 1. The second-order valence-electron chi connectivity index (χ2n) is 6.33. The van der Waals surface area contributed by atoms with Crippen molar-refractivity contribution in [2.75, 3.05) is 26.3 Å². The van der Waals surface area contributed by atoms with Gasteiger partial charge in [0.15, 0.2) is 11.5 Å². The van der Waals surface area contributed by atoms with Gasteiger partial charge in [-0.3, -0.25) is 0 Å². The van der Waals surface area contributed by atoms with Crippen LogP contribution in [0.4, 0.5) is 0 Å². The first kappa shape index (κ1) is 14.7.